The molecule has 6 heteroatoms. The van der Waals surface area contributed by atoms with Gasteiger partial charge in [0.2, 0.25) is 5.91 Å². The number of rotatable bonds is 7. The van der Waals surface area contributed by atoms with E-state index in [9.17, 15) is 18.4 Å². The number of likely N-dealkylation sites (tertiary alicyclic amines) is 1. The predicted octanol–water partition coefficient (Wildman–Crippen LogP) is 4.30. The minimum Gasteiger partial charge on any atom is -0.341 e. The van der Waals surface area contributed by atoms with Crippen molar-refractivity contribution in [2.75, 3.05) is 19.6 Å². The minimum atomic E-state index is -0.621. The molecule has 1 fully saturated rings. The number of benzene rings is 2. The van der Waals surface area contributed by atoms with Crippen LogP contribution in [0.2, 0.25) is 0 Å². The van der Waals surface area contributed by atoms with Gasteiger partial charge >= 0.3 is 0 Å². The maximum atomic E-state index is 13.7. The van der Waals surface area contributed by atoms with Gasteiger partial charge in [-0.3, -0.25) is 9.59 Å². The Bertz CT molecular complexity index is 891. The summed E-state index contributed by atoms with van der Waals surface area (Å²) in [6.07, 6.45) is 2.34. The van der Waals surface area contributed by atoms with Crippen LogP contribution >= 0.6 is 0 Å². The van der Waals surface area contributed by atoms with E-state index < -0.39 is 11.6 Å². The second kappa shape index (κ2) is 9.74. The van der Waals surface area contributed by atoms with E-state index in [-0.39, 0.29) is 32.1 Å². The highest BCUT2D eigenvalue weighted by molar-refractivity contribution is 5.96. The summed E-state index contributed by atoms with van der Waals surface area (Å²) < 4.78 is 26.7. The number of piperidine rings is 1. The summed E-state index contributed by atoms with van der Waals surface area (Å²) in [6, 6.07) is 11.1. The monoisotopic (exact) mass is 402 g/mol. The van der Waals surface area contributed by atoms with Crippen molar-refractivity contribution in [3.05, 3.63) is 70.8 Å². The fourth-order valence-corrected chi connectivity index (χ4v) is 3.73. The van der Waals surface area contributed by atoms with Gasteiger partial charge in [-0.25, -0.2) is 8.78 Å². The zero-order valence-corrected chi connectivity index (χ0v) is 16.6. The number of nitrogens with zero attached hydrogens (tertiary/aromatic N) is 1. The van der Waals surface area contributed by atoms with Gasteiger partial charge in [0.05, 0.1) is 6.54 Å². The van der Waals surface area contributed by atoms with Crippen LogP contribution in [-0.4, -0.2) is 36.2 Å². The topological polar surface area (TPSA) is 49.4 Å². The SMILES string of the molecule is CCC(=O)c1cccc([C@@H]2CCCN(C(=O)CNCc3ccc(F)cc3F)C2)c1.[HH]. The molecule has 1 heterocycles. The van der Waals surface area contributed by atoms with Gasteiger partial charge in [-0.1, -0.05) is 31.2 Å². The van der Waals surface area contributed by atoms with Gasteiger partial charge in [0.15, 0.2) is 5.78 Å². The molecule has 1 aliphatic rings. The van der Waals surface area contributed by atoms with Crippen LogP contribution in [0.1, 0.15) is 55.0 Å². The fraction of sp³-hybridized carbons (Fsp3) is 0.391. The Hall–Kier alpha value is -2.60. The molecule has 1 N–H and O–H groups in total. The van der Waals surface area contributed by atoms with Gasteiger partial charge in [-0.05, 0) is 30.5 Å². The molecule has 1 aliphatic heterocycles. The van der Waals surface area contributed by atoms with Crippen LogP contribution in [0.15, 0.2) is 42.5 Å². The van der Waals surface area contributed by atoms with Crippen LogP contribution in [0.4, 0.5) is 8.78 Å². The van der Waals surface area contributed by atoms with Crippen LogP contribution in [0.3, 0.4) is 0 Å². The number of amides is 1. The highest BCUT2D eigenvalue weighted by Crippen LogP contribution is 2.27. The number of halogens is 2. The molecule has 0 spiro atoms. The second-order valence-corrected chi connectivity index (χ2v) is 7.42. The maximum Gasteiger partial charge on any atom is 0.236 e. The van der Waals surface area contributed by atoms with Gasteiger partial charge in [0.1, 0.15) is 11.6 Å². The lowest BCUT2D eigenvalue weighted by molar-refractivity contribution is -0.131. The first-order chi connectivity index (χ1) is 14.0. The molecule has 1 amide bonds. The molecular weight excluding hydrogens is 374 g/mol. The molecular formula is C23H28F2N2O2. The Kier molecular flexibility index (Phi) is 7.09. The lowest BCUT2D eigenvalue weighted by Crippen LogP contribution is -2.43. The third-order valence-electron chi connectivity index (χ3n) is 5.38. The van der Waals surface area contributed by atoms with Crippen LogP contribution in [0, 0.1) is 11.6 Å². The molecule has 29 heavy (non-hydrogen) atoms. The summed E-state index contributed by atoms with van der Waals surface area (Å²) >= 11 is 0. The minimum absolute atomic E-state index is 0. The Labute approximate surface area is 171 Å². The summed E-state index contributed by atoms with van der Waals surface area (Å²) in [6.45, 7) is 3.40. The zero-order valence-electron chi connectivity index (χ0n) is 16.6. The lowest BCUT2D eigenvalue weighted by atomic mass is 9.89. The van der Waals surface area contributed by atoms with E-state index in [0.29, 0.717) is 25.1 Å². The fourth-order valence-electron chi connectivity index (χ4n) is 3.73. The van der Waals surface area contributed by atoms with Crippen molar-refractivity contribution in [3.63, 3.8) is 0 Å². The standard InChI is InChI=1S/C23H26F2N2O2.H2/c1-2-22(28)17-6-3-5-16(11-17)19-7-4-10-27(15-19)23(29)14-26-13-18-8-9-20(24)12-21(18)25;/h3,5-6,8-9,11-12,19,26H,2,4,7,10,13-15H2,1H3;1H/t19-;/m1./s1. The molecule has 156 valence electrons. The number of carbonyl (C=O) groups is 2. The number of hydrogen-bond acceptors (Lipinski definition) is 3. The molecule has 0 bridgehead atoms. The van der Waals surface area contributed by atoms with E-state index in [1.54, 1.807) is 0 Å². The van der Waals surface area contributed by atoms with E-state index in [4.69, 9.17) is 0 Å². The van der Waals surface area contributed by atoms with Gasteiger partial charge in [0, 0.05) is 50.6 Å². The first-order valence-corrected chi connectivity index (χ1v) is 10.0. The summed E-state index contributed by atoms with van der Waals surface area (Å²) in [5, 5.41) is 2.95. The second-order valence-electron chi connectivity index (χ2n) is 7.42. The number of carbonyl (C=O) groups excluding carboxylic acids is 2. The lowest BCUT2D eigenvalue weighted by Gasteiger charge is -2.33. The third-order valence-corrected chi connectivity index (χ3v) is 5.38. The van der Waals surface area contributed by atoms with Crippen LogP contribution in [0.25, 0.3) is 0 Å². The highest BCUT2D eigenvalue weighted by Gasteiger charge is 2.25. The normalized spacial score (nSPS) is 16.7. The van der Waals surface area contributed by atoms with Crippen LogP contribution < -0.4 is 5.32 Å². The van der Waals surface area contributed by atoms with Crippen molar-refractivity contribution in [3.8, 4) is 0 Å². The van der Waals surface area contributed by atoms with E-state index >= 15 is 0 Å². The first-order valence-electron chi connectivity index (χ1n) is 10.0. The third kappa shape index (κ3) is 5.48. The molecule has 2 aromatic rings. The first kappa shape index (κ1) is 21.1. The highest BCUT2D eigenvalue weighted by atomic mass is 19.1. The molecule has 0 unspecified atom stereocenters. The van der Waals surface area contributed by atoms with E-state index in [2.05, 4.69) is 5.32 Å². The zero-order chi connectivity index (χ0) is 20.8. The van der Waals surface area contributed by atoms with Gasteiger partial charge in [-0.15, -0.1) is 0 Å². The maximum absolute atomic E-state index is 13.7. The molecule has 1 saturated heterocycles. The van der Waals surface area contributed by atoms with E-state index in [1.165, 1.54) is 12.1 Å². The van der Waals surface area contributed by atoms with E-state index in [0.717, 1.165) is 30.0 Å². The van der Waals surface area contributed by atoms with Crippen molar-refractivity contribution in [2.45, 2.75) is 38.6 Å². The van der Waals surface area contributed by atoms with Crippen LogP contribution in [-0.2, 0) is 11.3 Å². The summed E-state index contributed by atoms with van der Waals surface area (Å²) in [7, 11) is 0. The Morgan fingerprint density at radius 3 is 2.79 bits per heavy atom. The average molecular weight is 402 g/mol. The van der Waals surface area contributed by atoms with Crippen molar-refractivity contribution in [2.24, 2.45) is 0 Å². The molecule has 2 aromatic carbocycles. The molecule has 4 nitrogen and oxygen atoms in total. The molecule has 0 saturated carbocycles. The van der Waals surface area contributed by atoms with Gasteiger partial charge < -0.3 is 10.2 Å². The number of nitrogens with one attached hydrogen (secondary N) is 1. The van der Waals surface area contributed by atoms with Crippen molar-refractivity contribution >= 4 is 11.7 Å². The summed E-state index contributed by atoms with van der Waals surface area (Å²) in [5.41, 5.74) is 2.13. The quantitative estimate of drug-likeness (QED) is 0.703. The molecule has 0 aromatic heterocycles. The smallest absolute Gasteiger partial charge is 0.236 e. The van der Waals surface area contributed by atoms with Crippen molar-refractivity contribution in [1.82, 2.24) is 10.2 Å². The van der Waals surface area contributed by atoms with Crippen LogP contribution in [0.5, 0.6) is 0 Å². The summed E-state index contributed by atoms with van der Waals surface area (Å²) in [4.78, 5) is 26.4. The van der Waals surface area contributed by atoms with Gasteiger partial charge in [-0.2, -0.15) is 0 Å². The average Bonchev–Trinajstić information content (AvgIpc) is 2.74. The van der Waals surface area contributed by atoms with Gasteiger partial charge in [0.25, 0.3) is 0 Å². The Balaban J connectivity index is 0.00000320. The van der Waals surface area contributed by atoms with Crippen molar-refractivity contribution < 1.29 is 19.8 Å². The summed E-state index contributed by atoms with van der Waals surface area (Å²) in [5.74, 6) is -0.964. The number of hydrogen-bond donors (Lipinski definition) is 1. The number of Topliss-reactive ketones (excluding diaryl/α,β-unsaturated/α-hetero) is 1. The molecule has 3 rings (SSSR count). The Morgan fingerprint density at radius 2 is 2.03 bits per heavy atom. The van der Waals surface area contributed by atoms with Crippen molar-refractivity contribution in [1.29, 1.82) is 0 Å². The predicted molar refractivity (Wildman–Crippen MR) is 110 cm³/mol. The molecule has 0 radical (unpaired) electrons. The molecule has 1 atom stereocenters. The molecule has 0 aliphatic carbocycles. The number of ketones is 1. The largest absolute Gasteiger partial charge is 0.341 e. The van der Waals surface area contributed by atoms with E-state index in [1.807, 2.05) is 36.1 Å². The Morgan fingerprint density at radius 1 is 1.21 bits per heavy atom.